The van der Waals surface area contributed by atoms with E-state index < -0.39 is 23.1 Å². The summed E-state index contributed by atoms with van der Waals surface area (Å²) in [7, 11) is 0. The molecule has 176 valence electrons. The second kappa shape index (κ2) is 8.74. The van der Waals surface area contributed by atoms with Crippen LogP contribution in [-0.2, 0) is 12.7 Å². The van der Waals surface area contributed by atoms with E-state index in [9.17, 15) is 23.1 Å². The van der Waals surface area contributed by atoms with E-state index >= 15 is 0 Å². The van der Waals surface area contributed by atoms with Crippen molar-refractivity contribution in [2.24, 2.45) is 0 Å². The van der Waals surface area contributed by atoms with Crippen LogP contribution in [0.2, 0.25) is 0 Å². The van der Waals surface area contributed by atoms with Gasteiger partial charge in [0.1, 0.15) is 17.1 Å². The first-order valence-electron chi connectivity index (χ1n) is 10.9. The maximum Gasteiger partial charge on any atom is 0.453 e. The third-order valence-electron chi connectivity index (χ3n) is 6.21. The average Bonchev–Trinajstić information content (AvgIpc) is 2.75. The van der Waals surface area contributed by atoms with Gasteiger partial charge in [-0.25, -0.2) is 0 Å². The Balaban J connectivity index is 1.90. The normalized spacial score (nSPS) is 17.5. The van der Waals surface area contributed by atoms with E-state index in [0.29, 0.717) is 5.56 Å². The lowest BCUT2D eigenvalue weighted by atomic mass is 10.0. The quantitative estimate of drug-likeness (QED) is 0.494. The third-order valence-corrected chi connectivity index (χ3v) is 6.21. The van der Waals surface area contributed by atoms with Gasteiger partial charge in [0.05, 0.1) is 10.9 Å². The Labute approximate surface area is 189 Å². The number of phenolic OH excluding ortho intramolecular Hbond substituents is 1. The van der Waals surface area contributed by atoms with Gasteiger partial charge in [0.2, 0.25) is 11.2 Å². The van der Waals surface area contributed by atoms with Crippen molar-refractivity contribution in [3.63, 3.8) is 0 Å². The molecule has 3 aromatic rings. The molecule has 33 heavy (non-hydrogen) atoms. The van der Waals surface area contributed by atoms with E-state index in [2.05, 4.69) is 4.90 Å². The predicted octanol–water partition coefficient (Wildman–Crippen LogP) is 6.30. The number of halogens is 3. The summed E-state index contributed by atoms with van der Waals surface area (Å²) in [5.41, 5.74) is 0.328. The number of phenols is 1. The van der Waals surface area contributed by atoms with Crippen LogP contribution in [0, 0.1) is 13.8 Å². The van der Waals surface area contributed by atoms with Crippen LogP contribution in [0.1, 0.15) is 48.6 Å². The fourth-order valence-electron chi connectivity index (χ4n) is 4.24. The topological polar surface area (TPSA) is 62.9 Å². The van der Waals surface area contributed by atoms with E-state index in [1.165, 1.54) is 12.1 Å². The number of hydrogen-bond acceptors (Lipinski definition) is 5. The first kappa shape index (κ1) is 23.2. The highest BCUT2D eigenvalue weighted by atomic mass is 19.4. The zero-order valence-electron chi connectivity index (χ0n) is 18.8. The minimum atomic E-state index is -4.97. The van der Waals surface area contributed by atoms with Gasteiger partial charge in [-0.1, -0.05) is 18.6 Å². The summed E-state index contributed by atoms with van der Waals surface area (Å²) in [6.45, 7) is 6.43. The summed E-state index contributed by atoms with van der Waals surface area (Å²) < 4.78 is 52.9. The molecular formula is C25H26F3NO4. The number of rotatable bonds is 4. The molecule has 5 nitrogen and oxygen atoms in total. The van der Waals surface area contributed by atoms with E-state index in [1.807, 2.05) is 6.92 Å². The zero-order chi connectivity index (χ0) is 23.9. The van der Waals surface area contributed by atoms with Gasteiger partial charge in [0.25, 0.3) is 5.76 Å². The molecule has 1 aromatic heterocycles. The number of alkyl halides is 3. The lowest BCUT2D eigenvalue weighted by Gasteiger charge is -2.33. The molecule has 8 heteroatoms. The van der Waals surface area contributed by atoms with Crippen LogP contribution >= 0.6 is 0 Å². The molecule has 2 heterocycles. The van der Waals surface area contributed by atoms with E-state index in [0.717, 1.165) is 31.4 Å². The number of piperidine rings is 1. The van der Waals surface area contributed by atoms with Crippen LogP contribution in [0.25, 0.3) is 11.0 Å². The summed E-state index contributed by atoms with van der Waals surface area (Å²) in [5, 5.41) is 10.4. The second-order valence-electron chi connectivity index (χ2n) is 8.71. The van der Waals surface area contributed by atoms with Crippen LogP contribution in [0.4, 0.5) is 13.2 Å². The predicted molar refractivity (Wildman–Crippen MR) is 119 cm³/mol. The molecule has 1 unspecified atom stereocenters. The monoisotopic (exact) mass is 461 g/mol. The van der Waals surface area contributed by atoms with Crippen LogP contribution in [0.15, 0.2) is 39.5 Å². The molecule has 2 aromatic carbocycles. The number of aryl methyl sites for hydroxylation is 2. The molecular weight excluding hydrogens is 435 g/mol. The fourth-order valence-corrected chi connectivity index (χ4v) is 4.24. The standard InChI is InChI=1S/C25H26F3NO4/c1-14-7-8-15(2)20(12-14)32-23-21(31)17-9-10-19(30)18(13-29-11-5-4-6-16(29)3)22(17)33-24(23)25(26,27)28/h7-10,12,16,30H,4-6,11,13H2,1-3H3. The Morgan fingerprint density at radius 2 is 1.94 bits per heavy atom. The zero-order valence-corrected chi connectivity index (χ0v) is 18.8. The van der Waals surface area contributed by atoms with Gasteiger partial charge < -0.3 is 14.3 Å². The fraction of sp³-hybridized carbons (Fsp3) is 0.400. The Hall–Kier alpha value is -3.00. The first-order valence-corrected chi connectivity index (χ1v) is 10.9. The molecule has 0 radical (unpaired) electrons. The molecule has 0 amide bonds. The Kier molecular flexibility index (Phi) is 6.14. The van der Waals surface area contributed by atoms with Crippen molar-refractivity contribution < 1.29 is 27.4 Å². The van der Waals surface area contributed by atoms with Crippen molar-refractivity contribution >= 4 is 11.0 Å². The maximum absolute atomic E-state index is 14.0. The molecule has 0 saturated carbocycles. The number of likely N-dealkylation sites (tertiary alicyclic amines) is 1. The van der Waals surface area contributed by atoms with Gasteiger partial charge >= 0.3 is 6.18 Å². The highest BCUT2D eigenvalue weighted by Gasteiger charge is 2.41. The maximum atomic E-state index is 14.0. The summed E-state index contributed by atoms with van der Waals surface area (Å²) in [6, 6.07) is 7.87. The lowest BCUT2D eigenvalue weighted by Crippen LogP contribution is -2.36. The first-order chi connectivity index (χ1) is 15.6. The number of aromatic hydroxyl groups is 1. The summed E-state index contributed by atoms with van der Waals surface area (Å²) >= 11 is 0. The Morgan fingerprint density at radius 1 is 1.18 bits per heavy atom. The van der Waals surface area contributed by atoms with E-state index in [-0.39, 0.29) is 40.6 Å². The van der Waals surface area contributed by atoms with Crippen molar-refractivity contribution in [1.82, 2.24) is 4.90 Å². The van der Waals surface area contributed by atoms with Crippen LogP contribution in [0.3, 0.4) is 0 Å². The molecule has 0 aliphatic carbocycles. The molecule has 1 aliphatic heterocycles. The molecule has 4 rings (SSSR count). The minimum absolute atomic E-state index is 0.0687. The largest absolute Gasteiger partial charge is 0.507 e. The second-order valence-corrected chi connectivity index (χ2v) is 8.71. The molecule has 0 bridgehead atoms. The third kappa shape index (κ3) is 4.57. The van der Waals surface area contributed by atoms with E-state index in [1.54, 1.807) is 32.0 Å². The average molecular weight is 461 g/mol. The molecule has 1 fully saturated rings. The van der Waals surface area contributed by atoms with Crippen molar-refractivity contribution in [2.45, 2.75) is 58.8 Å². The highest BCUT2D eigenvalue weighted by molar-refractivity contribution is 5.83. The number of ether oxygens (including phenoxy) is 1. The lowest BCUT2D eigenvalue weighted by molar-refractivity contribution is -0.154. The Morgan fingerprint density at radius 3 is 2.64 bits per heavy atom. The molecule has 1 aliphatic rings. The SMILES string of the molecule is Cc1ccc(C)c(Oc2c(C(F)(F)F)oc3c(CN4CCCCC4C)c(O)ccc3c2=O)c1. The number of benzene rings is 2. The molecule has 1 atom stereocenters. The molecule has 1 N–H and O–H groups in total. The van der Waals surface area contributed by atoms with Crippen LogP contribution < -0.4 is 10.2 Å². The molecule has 0 spiro atoms. The van der Waals surface area contributed by atoms with Crippen molar-refractivity contribution in [3.05, 3.63) is 63.0 Å². The number of fused-ring (bicyclic) bond motifs is 1. The highest BCUT2D eigenvalue weighted by Crippen LogP contribution is 2.41. The minimum Gasteiger partial charge on any atom is -0.507 e. The van der Waals surface area contributed by atoms with Crippen LogP contribution in [-0.4, -0.2) is 22.6 Å². The van der Waals surface area contributed by atoms with E-state index in [4.69, 9.17) is 9.15 Å². The summed E-state index contributed by atoms with van der Waals surface area (Å²) in [6.07, 6.45) is -1.98. The van der Waals surface area contributed by atoms with Gasteiger partial charge in [0.15, 0.2) is 0 Å². The smallest absolute Gasteiger partial charge is 0.453 e. The van der Waals surface area contributed by atoms with Crippen LogP contribution in [0.5, 0.6) is 17.2 Å². The van der Waals surface area contributed by atoms with Gasteiger partial charge in [0, 0.05) is 12.6 Å². The van der Waals surface area contributed by atoms with Gasteiger partial charge in [-0.15, -0.1) is 0 Å². The summed E-state index contributed by atoms with van der Waals surface area (Å²) in [5.74, 6) is -2.49. The van der Waals surface area contributed by atoms with Crippen molar-refractivity contribution in [1.29, 1.82) is 0 Å². The number of nitrogens with zero attached hydrogens (tertiary/aromatic N) is 1. The van der Waals surface area contributed by atoms with Crippen molar-refractivity contribution in [2.75, 3.05) is 6.54 Å². The van der Waals surface area contributed by atoms with Gasteiger partial charge in [-0.2, -0.15) is 13.2 Å². The summed E-state index contributed by atoms with van der Waals surface area (Å²) in [4.78, 5) is 15.3. The Bertz CT molecular complexity index is 1250. The number of hydrogen-bond donors (Lipinski definition) is 1. The van der Waals surface area contributed by atoms with Gasteiger partial charge in [-0.3, -0.25) is 9.69 Å². The van der Waals surface area contributed by atoms with Crippen molar-refractivity contribution in [3.8, 4) is 17.2 Å². The van der Waals surface area contributed by atoms with Gasteiger partial charge in [-0.05, 0) is 69.5 Å². The molecule has 1 saturated heterocycles.